The van der Waals surface area contributed by atoms with Gasteiger partial charge in [0.15, 0.2) is 0 Å². The summed E-state index contributed by atoms with van der Waals surface area (Å²) in [5.74, 6) is 0.773. The molecule has 1 aromatic heterocycles. The smallest absolute Gasteiger partial charge is 0.121 e. The zero-order chi connectivity index (χ0) is 21.5. The molecule has 0 unspecified atom stereocenters. The number of hydrogen-bond donors (Lipinski definition) is 0. The van der Waals surface area contributed by atoms with Gasteiger partial charge in [0.25, 0.3) is 0 Å². The fourth-order valence-electron chi connectivity index (χ4n) is 3.69. The number of hydrogen-bond acceptors (Lipinski definition) is 3. The number of ether oxygens (including phenoxy) is 3. The van der Waals surface area contributed by atoms with Crippen molar-refractivity contribution in [2.24, 2.45) is 0 Å². The van der Waals surface area contributed by atoms with Crippen LogP contribution in [0.5, 0.6) is 5.75 Å². The van der Waals surface area contributed by atoms with Crippen molar-refractivity contribution in [2.75, 3.05) is 39.7 Å². The van der Waals surface area contributed by atoms with E-state index in [0.29, 0.717) is 26.4 Å². The van der Waals surface area contributed by atoms with Crippen LogP contribution in [0.3, 0.4) is 0 Å². The molecule has 0 aliphatic rings. The normalized spacial score (nSPS) is 11.3. The Bertz CT molecular complexity index is 1150. The van der Waals surface area contributed by atoms with E-state index < -0.39 is 6.67 Å². The van der Waals surface area contributed by atoms with E-state index >= 15 is 0 Å². The second-order valence-electron chi connectivity index (χ2n) is 7.11. The van der Waals surface area contributed by atoms with E-state index in [-0.39, 0.29) is 6.61 Å². The molecule has 0 aliphatic carbocycles. The molecule has 0 atom stereocenters. The number of fused-ring (bicyclic) bond motifs is 3. The lowest BCUT2D eigenvalue weighted by atomic mass is 10.1. The molecule has 4 nitrogen and oxygen atoms in total. The third-order valence-corrected chi connectivity index (χ3v) is 5.11. The van der Waals surface area contributed by atoms with Crippen LogP contribution in [-0.2, 0) is 9.47 Å². The van der Waals surface area contributed by atoms with Crippen LogP contribution in [0.2, 0.25) is 0 Å². The first kappa shape index (κ1) is 21.1. The first-order chi connectivity index (χ1) is 15.3. The Labute approximate surface area is 181 Å². The van der Waals surface area contributed by atoms with Crippen molar-refractivity contribution in [2.45, 2.75) is 0 Å². The van der Waals surface area contributed by atoms with Gasteiger partial charge in [-0.3, -0.25) is 0 Å². The third kappa shape index (κ3) is 4.79. The lowest BCUT2D eigenvalue weighted by molar-refractivity contribution is 0.0325. The van der Waals surface area contributed by atoms with Gasteiger partial charge >= 0.3 is 0 Å². The van der Waals surface area contributed by atoms with Gasteiger partial charge in [0.05, 0.1) is 37.5 Å². The van der Waals surface area contributed by atoms with Crippen LogP contribution < -0.4 is 4.74 Å². The Morgan fingerprint density at radius 2 is 1.42 bits per heavy atom. The molecule has 0 aliphatic heterocycles. The average Bonchev–Trinajstić information content (AvgIpc) is 3.14. The van der Waals surface area contributed by atoms with Crippen LogP contribution in [-0.4, -0.2) is 44.3 Å². The fraction of sp³-hybridized carbons (Fsp3) is 0.231. The highest BCUT2D eigenvalue weighted by atomic mass is 19.1. The van der Waals surface area contributed by atoms with Crippen molar-refractivity contribution < 1.29 is 18.6 Å². The Morgan fingerprint density at radius 3 is 2.23 bits per heavy atom. The van der Waals surface area contributed by atoms with E-state index in [1.807, 2.05) is 36.4 Å². The first-order valence-corrected chi connectivity index (χ1v) is 10.4. The second-order valence-corrected chi connectivity index (χ2v) is 7.11. The Kier molecular flexibility index (Phi) is 6.97. The maximum Gasteiger partial charge on any atom is 0.121 e. The molecule has 160 valence electrons. The predicted octanol–water partition coefficient (Wildman–Crippen LogP) is 5.70. The van der Waals surface area contributed by atoms with Gasteiger partial charge in [-0.05, 0) is 23.8 Å². The molecule has 0 N–H and O–H groups in total. The van der Waals surface area contributed by atoms with Crippen molar-refractivity contribution >= 4 is 27.5 Å². The van der Waals surface area contributed by atoms with E-state index in [9.17, 15) is 4.39 Å². The van der Waals surface area contributed by atoms with Crippen LogP contribution in [0.15, 0.2) is 79.4 Å². The molecule has 4 rings (SSSR count). The molecule has 0 bridgehead atoms. The monoisotopic (exact) mass is 419 g/mol. The Hall–Kier alpha value is -3.15. The fourth-order valence-corrected chi connectivity index (χ4v) is 3.69. The number of alkyl halides is 1. The van der Waals surface area contributed by atoms with Crippen molar-refractivity contribution in [1.82, 2.24) is 4.57 Å². The summed E-state index contributed by atoms with van der Waals surface area (Å²) >= 11 is 0. The first-order valence-electron chi connectivity index (χ1n) is 10.4. The number of nitrogens with zero attached hydrogens (tertiary/aromatic N) is 1. The molecule has 0 saturated heterocycles. The van der Waals surface area contributed by atoms with E-state index in [1.165, 1.54) is 5.39 Å². The lowest BCUT2D eigenvalue weighted by Gasteiger charge is -2.12. The summed E-state index contributed by atoms with van der Waals surface area (Å²) in [4.78, 5) is 0. The molecule has 5 heteroatoms. The maximum atomic E-state index is 12.0. The molecule has 3 aromatic carbocycles. The third-order valence-electron chi connectivity index (χ3n) is 5.11. The minimum atomic E-state index is -0.473. The number of aromatic nitrogens is 1. The van der Waals surface area contributed by atoms with Gasteiger partial charge < -0.3 is 18.8 Å². The molecule has 0 amide bonds. The highest BCUT2D eigenvalue weighted by molar-refractivity contribution is 6.10. The number of benzene rings is 3. The van der Waals surface area contributed by atoms with Crippen LogP contribution in [0.25, 0.3) is 27.5 Å². The summed E-state index contributed by atoms with van der Waals surface area (Å²) in [6.07, 6.45) is 0. The molecule has 0 saturated carbocycles. The van der Waals surface area contributed by atoms with E-state index in [0.717, 1.165) is 33.4 Å². The summed E-state index contributed by atoms with van der Waals surface area (Å²) in [6, 6.07) is 24.6. The van der Waals surface area contributed by atoms with Gasteiger partial charge in [0.2, 0.25) is 0 Å². The van der Waals surface area contributed by atoms with Crippen LogP contribution >= 0.6 is 0 Å². The van der Waals surface area contributed by atoms with Gasteiger partial charge in [-0.1, -0.05) is 55.1 Å². The molecular formula is C26H26FNO3. The molecule has 0 spiro atoms. The van der Waals surface area contributed by atoms with Crippen molar-refractivity contribution in [3.05, 3.63) is 84.9 Å². The van der Waals surface area contributed by atoms with Crippen molar-refractivity contribution in [3.8, 4) is 5.75 Å². The van der Waals surface area contributed by atoms with Gasteiger partial charge in [-0.25, -0.2) is 4.39 Å². The maximum absolute atomic E-state index is 12.0. The van der Waals surface area contributed by atoms with Crippen molar-refractivity contribution in [3.63, 3.8) is 0 Å². The van der Waals surface area contributed by atoms with E-state index in [4.69, 9.17) is 14.2 Å². The van der Waals surface area contributed by atoms with Crippen LogP contribution in [0.4, 0.5) is 4.39 Å². The molecule has 0 radical (unpaired) electrons. The second kappa shape index (κ2) is 10.2. The van der Waals surface area contributed by atoms with Crippen LogP contribution in [0.1, 0.15) is 5.56 Å². The standard InChI is InChI=1S/C26H26FNO3/c1-20(21-7-3-2-4-8-21)28-25-10-6-5-9-23(25)24-12-11-22(19-26(24)28)31-18-17-30-16-15-29-14-13-27/h2-12,19H,1,13-18H2. The molecule has 1 heterocycles. The van der Waals surface area contributed by atoms with E-state index in [1.54, 1.807) is 0 Å². The SMILES string of the molecule is C=C(c1ccccc1)n1c2ccccc2c2ccc(OCCOCCOCCF)cc21. The predicted molar refractivity (Wildman–Crippen MR) is 123 cm³/mol. The zero-order valence-electron chi connectivity index (χ0n) is 17.4. The van der Waals surface area contributed by atoms with Crippen LogP contribution in [0, 0.1) is 0 Å². The minimum Gasteiger partial charge on any atom is -0.491 e. The zero-order valence-corrected chi connectivity index (χ0v) is 17.4. The molecule has 31 heavy (non-hydrogen) atoms. The molecule has 0 fully saturated rings. The van der Waals surface area contributed by atoms with Gasteiger partial charge in [0.1, 0.15) is 19.0 Å². The average molecular weight is 419 g/mol. The highest BCUT2D eigenvalue weighted by Crippen LogP contribution is 2.35. The molecule has 4 aromatic rings. The minimum absolute atomic E-state index is 0.113. The van der Waals surface area contributed by atoms with Gasteiger partial charge in [-0.2, -0.15) is 0 Å². The number of halogens is 1. The summed E-state index contributed by atoms with van der Waals surface area (Å²) < 4.78 is 30.6. The summed E-state index contributed by atoms with van der Waals surface area (Å²) in [7, 11) is 0. The van der Waals surface area contributed by atoms with Gasteiger partial charge in [-0.15, -0.1) is 0 Å². The summed E-state index contributed by atoms with van der Waals surface area (Å²) in [5, 5.41) is 2.33. The highest BCUT2D eigenvalue weighted by Gasteiger charge is 2.14. The van der Waals surface area contributed by atoms with Crippen molar-refractivity contribution in [1.29, 1.82) is 0 Å². The quantitative estimate of drug-likeness (QED) is 0.293. The number of rotatable bonds is 11. The van der Waals surface area contributed by atoms with E-state index in [2.05, 4.69) is 47.5 Å². The lowest BCUT2D eigenvalue weighted by Crippen LogP contribution is -2.11. The Balaban J connectivity index is 1.54. The largest absolute Gasteiger partial charge is 0.491 e. The summed E-state index contributed by atoms with van der Waals surface area (Å²) in [5.41, 5.74) is 4.15. The Morgan fingerprint density at radius 1 is 0.742 bits per heavy atom. The number of para-hydroxylation sites is 1. The topological polar surface area (TPSA) is 32.6 Å². The summed E-state index contributed by atoms with van der Waals surface area (Å²) in [6.45, 7) is 5.70. The molecular weight excluding hydrogens is 393 g/mol. The van der Waals surface area contributed by atoms with Gasteiger partial charge in [0, 0.05) is 22.5 Å².